The third-order valence-electron chi connectivity index (χ3n) is 3.29. The van der Waals surface area contributed by atoms with Crippen molar-refractivity contribution in [1.29, 1.82) is 0 Å². The maximum atomic E-state index is 12.5. The van der Waals surface area contributed by atoms with Gasteiger partial charge in [-0.25, -0.2) is 4.79 Å². The van der Waals surface area contributed by atoms with Crippen molar-refractivity contribution in [3.63, 3.8) is 0 Å². The molecule has 0 saturated heterocycles. The number of nitrogens with one attached hydrogen (secondary N) is 2. The predicted octanol–water partition coefficient (Wildman–Crippen LogP) is 3.40. The molecule has 7 nitrogen and oxygen atoms in total. The van der Waals surface area contributed by atoms with Crippen molar-refractivity contribution in [2.45, 2.75) is 53.2 Å². The van der Waals surface area contributed by atoms with E-state index >= 15 is 0 Å². The van der Waals surface area contributed by atoms with Crippen LogP contribution in [-0.2, 0) is 11.3 Å². The topological polar surface area (TPSA) is 78.9 Å². The molecule has 0 spiro atoms. The summed E-state index contributed by atoms with van der Waals surface area (Å²) in [6, 6.07) is 3.82. The lowest BCUT2D eigenvalue weighted by atomic mass is 10.2. The van der Waals surface area contributed by atoms with Gasteiger partial charge in [0.1, 0.15) is 5.60 Å². The molecule has 0 unspecified atom stereocenters. The lowest BCUT2D eigenvalue weighted by molar-refractivity contribution is 0.0232. The number of carbonyl (C=O) groups excluding carboxylic acids is 1. The first-order valence-electron chi connectivity index (χ1n) is 9.24. The number of aliphatic imine (C=N–C) groups is 1. The van der Waals surface area contributed by atoms with Crippen LogP contribution in [0.2, 0.25) is 0 Å². The van der Waals surface area contributed by atoms with Crippen molar-refractivity contribution in [3.05, 3.63) is 30.1 Å². The smallest absolute Gasteiger partial charge is 0.410 e. The third kappa shape index (κ3) is 11.7. The molecule has 0 saturated carbocycles. The largest absolute Gasteiger partial charge is 0.444 e. The number of rotatable bonds is 8. The number of hydrogen-bond donors (Lipinski definition) is 2. The van der Waals surface area contributed by atoms with Crippen LogP contribution < -0.4 is 10.6 Å². The number of guanidine groups is 1. The molecule has 0 aliphatic heterocycles. The number of hydrogen-bond acceptors (Lipinski definition) is 4. The van der Waals surface area contributed by atoms with Crippen LogP contribution in [0.1, 0.15) is 46.6 Å². The van der Waals surface area contributed by atoms with Gasteiger partial charge in [0.2, 0.25) is 0 Å². The molecule has 0 radical (unpaired) electrons. The molecule has 0 atom stereocenters. The summed E-state index contributed by atoms with van der Waals surface area (Å²) in [4.78, 5) is 22.9. The van der Waals surface area contributed by atoms with Gasteiger partial charge in [-0.05, 0) is 52.7 Å². The van der Waals surface area contributed by atoms with E-state index in [2.05, 4.69) is 20.6 Å². The summed E-state index contributed by atoms with van der Waals surface area (Å²) in [5.74, 6) is 0.797. The van der Waals surface area contributed by atoms with E-state index in [0.29, 0.717) is 19.6 Å². The average Bonchev–Trinajstić information content (AvgIpc) is 2.57. The lowest BCUT2D eigenvalue weighted by Gasteiger charge is -2.27. The van der Waals surface area contributed by atoms with Gasteiger partial charge in [-0.1, -0.05) is 6.07 Å². The summed E-state index contributed by atoms with van der Waals surface area (Å²) < 4.78 is 5.53. The summed E-state index contributed by atoms with van der Waals surface area (Å²) in [6.07, 6.45) is 3.92. The minimum absolute atomic E-state index is 0. The van der Waals surface area contributed by atoms with Crippen LogP contribution in [0.4, 0.5) is 4.79 Å². The number of ether oxygens (including phenoxy) is 1. The van der Waals surface area contributed by atoms with E-state index in [0.717, 1.165) is 31.0 Å². The van der Waals surface area contributed by atoms with Crippen LogP contribution >= 0.6 is 24.0 Å². The Balaban J connectivity index is 0.00000676. The zero-order chi connectivity index (χ0) is 19.4. The molecule has 1 amide bonds. The van der Waals surface area contributed by atoms with Crippen molar-refractivity contribution in [1.82, 2.24) is 20.5 Å². The van der Waals surface area contributed by atoms with Crippen LogP contribution in [0, 0.1) is 0 Å². The Hall–Kier alpha value is -1.58. The van der Waals surface area contributed by atoms with Crippen LogP contribution in [0.5, 0.6) is 0 Å². The molecule has 154 valence electrons. The Labute approximate surface area is 180 Å². The van der Waals surface area contributed by atoms with Gasteiger partial charge in [0.25, 0.3) is 0 Å². The van der Waals surface area contributed by atoms with Crippen LogP contribution in [0.25, 0.3) is 0 Å². The number of halogens is 1. The maximum absolute atomic E-state index is 12.5. The lowest BCUT2D eigenvalue weighted by Crippen LogP contribution is -2.38. The van der Waals surface area contributed by atoms with Crippen LogP contribution in [-0.4, -0.2) is 53.7 Å². The molecule has 0 aromatic carbocycles. The number of amides is 1. The zero-order valence-corrected chi connectivity index (χ0v) is 19.4. The molecule has 2 N–H and O–H groups in total. The van der Waals surface area contributed by atoms with E-state index < -0.39 is 5.60 Å². The Morgan fingerprint density at radius 1 is 1.26 bits per heavy atom. The Kier molecular flexibility index (Phi) is 12.8. The first-order valence-corrected chi connectivity index (χ1v) is 9.24. The molecule has 0 fully saturated rings. The molecule has 27 heavy (non-hydrogen) atoms. The highest BCUT2D eigenvalue weighted by Gasteiger charge is 2.22. The fourth-order valence-corrected chi connectivity index (χ4v) is 2.24. The number of carbonyl (C=O) groups is 1. The van der Waals surface area contributed by atoms with Crippen LogP contribution in [0.3, 0.4) is 0 Å². The van der Waals surface area contributed by atoms with Crippen molar-refractivity contribution in [3.8, 4) is 0 Å². The van der Waals surface area contributed by atoms with Gasteiger partial charge in [-0.2, -0.15) is 0 Å². The molecule has 0 aliphatic rings. The minimum atomic E-state index is -0.522. The highest BCUT2D eigenvalue weighted by Crippen LogP contribution is 2.12. The monoisotopic (exact) mass is 491 g/mol. The summed E-state index contributed by atoms with van der Waals surface area (Å²) in [5.41, 5.74) is 0.453. The van der Waals surface area contributed by atoms with E-state index in [1.807, 2.05) is 46.8 Å². The van der Waals surface area contributed by atoms with E-state index in [-0.39, 0.29) is 30.1 Å². The van der Waals surface area contributed by atoms with Gasteiger partial charge >= 0.3 is 6.09 Å². The molecule has 0 bridgehead atoms. The van der Waals surface area contributed by atoms with Crippen LogP contribution in [0.15, 0.2) is 29.5 Å². The first kappa shape index (κ1) is 25.4. The number of nitrogens with zero attached hydrogens (tertiary/aromatic N) is 3. The minimum Gasteiger partial charge on any atom is -0.444 e. The molecular formula is C19H34IN5O2. The Bertz CT molecular complexity index is 553. The normalized spacial score (nSPS) is 10.4. The fraction of sp³-hybridized carbons (Fsp3) is 0.632. The highest BCUT2D eigenvalue weighted by atomic mass is 127. The number of aromatic nitrogens is 1. The van der Waals surface area contributed by atoms with E-state index in [1.165, 1.54) is 0 Å². The Morgan fingerprint density at radius 2 is 1.93 bits per heavy atom. The van der Waals surface area contributed by atoms with Gasteiger partial charge in [0, 0.05) is 38.6 Å². The van der Waals surface area contributed by atoms with Gasteiger partial charge in [-0.15, -0.1) is 24.0 Å². The molecule has 0 aliphatic carbocycles. The second kappa shape index (κ2) is 13.6. The van der Waals surface area contributed by atoms with Gasteiger partial charge in [0.15, 0.2) is 5.96 Å². The van der Waals surface area contributed by atoms with Gasteiger partial charge in [0.05, 0.1) is 6.54 Å². The summed E-state index contributed by atoms with van der Waals surface area (Å²) in [5, 5.41) is 6.38. The quantitative estimate of drug-likeness (QED) is 0.252. The Morgan fingerprint density at radius 3 is 2.44 bits per heavy atom. The molecule has 1 rings (SSSR count). The van der Waals surface area contributed by atoms with Gasteiger partial charge < -0.3 is 20.3 Å². The highest BCUT2D eigenvalue weighted by molar-refractivity contribution is 14.0. The van der Waals surface area contributed by atoms with Crippen molar-refractivity contribution < 1.29 is 9.53 Å². The predicted molar refractivity (Wildman–Crippen MR) is 121 cm³/mol. The standard InChI is InChI=1S/C19H33N5O2.HI/c1-6-21-17(22-7-2)23-12-9-13-24(18(25)26-19(3,4)5)15-16-10-8-11-20-14-16;/h8,10-11,14H,6-7,9,12-13,15H2,1-5H3,(H2,21,22,23);1H. The molecule has 1 aromatic heterocycles. The fourth-order valence-electron chi connectivity index (χ4n) is 2.24. The van der Waals surface area contributed by atoms with Crippen molar-refractivity contribution in [2.24, 2.45) is 4.99 Å². The third-order valence-corrected chi connectivity index (χ3v) is 3.29. The number of pyridine rings is 1. The van der Waals surface area contributed by atoms with E-state index in [4.69, 9.17) is 4.74 Å². The second-order valence-electron chi connectivity index (χ2n) is 6.91. The molecule has 8 heteroatoms. The summed E-state index contributed by atoms with van der Waals surface area (Å²) in [7, 11) is 0. The summed E-state index contributed by atoms with van der Waals surface area (Å²) in [6.45, 7) is 13.0. The van der Waals surface area contributed by atoms with E-state index in [1.54, 1.807) is 17.3 Å². The summed E-state index contributed by atoms with van der Waals surface area (Å²) >= 11 is 0. The second-order valence-corrected chi connectivity index (χ2v) is 6.91. The van der Waals surface area contributed by atoms with Gasteiger partial charge in [-0.3, -0.25) is 9.98 Å². The molecular weight excluding hydrogens is 457 g/mol. The molecule has 1 aromatic rings. The van der Waals surface area contributed by atoms with Crippen molar-refractivity contribution >= 4 is 36.0 Å². The average molecular weight is 491 g/mol. The van der Waals surface area contributed by atoms with E-state index in [9.17, 15) is 4.79 Å². The first-order chi connectivity index (χ1) is 12.4. The SMILES string of the molecule is CCNC(=NCCCN(Cc1cccnc1)C(=O)OC(C)(C)C)NCC.I. The zero-order valence-electron chi connectivity index (χ0n) is 17.1. The van der Waals surface area contributed by atoms with Crippen molar-refractivity contribution in [2.75, 3.05) is 26.2 Å². The molecule has 1 heterocycles. The maximum Gasteiger partial charge on any atom is 0.410 e.